The molecule has 2 N–H and O–H groups in total. The Hall–Kier alpha value is -0.860. The van der Waals surface area contributed by atoms with Crippen molar-refractivity contribution < 1.29 is 0 Å². The maximum absolute atomic E-state index is 6.10. The first-order chi connectivity index (χ1) is 9.55. The number of nitrogens with two attached hydrogens (primary N) is 1. The zero-order chi connectivity index (χ0) is 15.1. The second kappa shape index (κ2) is 8.43. The van der Waals surface area contributed by atoms with Gasteiger partial charge in [-0.1, -0.05) is 62.9 Å². The van der Waals surface area contributed by atoms with Crippen LogP contribution in [0.2, 0.25) is 0 Å². The highest BCUT2D eigenvalue weighted by atomic mass is 15.2. The highest BCUT2D eigenvalue weighted by Crippen LogP contribution is 2.24. The van der Waals surface area contributed by atoms with Gasteiger partial charge in [-0.2, -0.15) is 0 Å². The zero-order valence-corrected chi connectivity index (χ0v) is 13.9. The molecule has 0 radical (unpaired) electrons. The third-order valence-corrected chi connectivity index (χ3v) is 4.35. The Kier molecular flexibility index (Phi) is 7.25. The normalized spacial score (nSPS) is 13.2. The van der Waals surface area contributed by atoms with E-state index in [1.54, 1.807) is 0 Å². The third-order valence-electron chi connectivity index (χ3n) is 4.35. The molecule has 20 heavy (non-hydrogen) atoms. The lowest BCUT2D eigenvalue weighted by Crippen LogP contribution is -2.37. The minimum absolute atomic E-state index is 0.346. The molecule has 0 bridgehead atoms. The van der Waals surface area contributed by atoms with Crippen LogP contribution in [0.25, 0.3) is 0 Å². The Bertz CT molecular complexity index is 376. The Morgan fingerprint density at radius 3 is 1.95 bits per heavy atom. The summed E-state index contributed by atoms with van der Waals surface area (Å²) in [7, 11) is 0. The lowest BCUT2D eigenvalue weighted by molar-refractivity contribution is 0.174. The van der Waals surface area contributed by atoms with Crippen molar-refractivity contribution in [3.05, 3.63) is 34.9 Å². The molecule has 0 amide bonds. The second-order valence-electron chi connectivity index (χ2n) is 5.94. The van der Waals surface area contributed by atoms with Crippen LogP contribution in [0.15, 0.2) is 18.2 Å². The lowest BCUT2D eigenvalue weighted by atomic mass is 9.97. The van der Waals surface area contributed by atoms with E-state index in [-0.39, 0.29) is 0 Å². The molecule has 0 fully saturated rings. The average Bonchev–Trinajstić information content (AvgIpc) is 2.42. The number of nitrogens with zero attached hydrogens (tertiary/aromatic N) is 1. The number of rotatable bonds is 8. The van der Waals surface area contributed by atoms with Crippen molar-refractivity contribution in [3.63, 3.8) is 0 Å². The number of hydrogen-bond acceptors (Lipinski definition) is 2. The van der Waals surface area contributed by atoms with E-state index in [9.17, 15) is 0 Å². The van der Waals surface area contributed by atoms with E-state index in [4.69, 9.17) is 5.73 Å². The standard InChI is InChI=1S/C18H32N2/c1-6-16(7-2)13-20(8-3)18(12-19)17-10-14(4)9-15(5)11-17/h9-11,16,18H,6-8,12-13,19H2,1-5H3. The summed E-state index contributed by atoms with van der Waals surface area (Å²) in [6, 6.07) is 7.16. The van der Waals surface area contributed by atoms with Crippen LogP contribution in [-0.2, 0) is 0 Å². The van der Waals surface area contributed by atoms with Crippen molar-refractivity contribution in [2.24, 2.45) is 11.7 Å². The monoisotopic (exact) mass is 276 g/mol. The second-order valence-corrected chi connectivity index (χ2v) is 5.94. The smallest absolute Gasteiger partial charge is 0.0470 e. The van der Waals surface area contributed by atoms with Crippen molar-refractivity contribution >= 4 is 0 Å². The molecule has 0 spiro atoms. The molecular formula is C18H32N2. The number of benzene rings is 1. The van der Waals surface area contributed by atoms with E-state index in [0.717, 1.165) is 19.0 Å². The molecule has 2 nitrogen and oxygen atoms in total. The molecule has 2 heteroatoms. The first-order valence-corrected chi connectivity index (χ1v) is 8.07. The summed E-state index contributed by atoms with van der Waals surface area (Å²) >= 11 is 0. The van der Waals surface area contributed by atoms with Crippen LogP contribution in [0.3, 0.4) is 0 Å². The van der Waals surface area contributed by atoms with E-state index >= 15 is 0 Å². The molecule has 1 aromatic rings. The summed E-state index contributed by atoms with van der Waals surface area (Å²) in [5, 5.41) is 0. The van der Waals surface area contributed by atoms with E-state index in [1.165, 1.54) is 29.5 Å². The van der Waals surface area contributed by atoms with E-state index in [0.29, 0.717) is 12.6 Å². The predicted molar refractivity (Wildman–Crippen MR) is 89.0 cm³/mol. The first kappa shape index (κ1) is 17.2. The summed E-state index contributed by atoms with van der Waals surface area (Å²) < 4.78 is 0. The van der Waals surface area contributed by atoms with Crippen LogP contribution in [0, 0.1) is 19.8 Å². The largest absolute Gasteiger partial charge is 0.329 e. The van der Waals surface area contributed by atoms with Crippen LogP contribution in [0.1, 0.15) is 56.3 Å². The fourth-order valence-corrected chi connectivity index (χ4v) is 3.05. The Morgan fingerprint density at radius 1 is 1.00 bits per heavy atom. The molecule has 0 aliphatic heterocycles. The molecule has 1 unspecified atom stereocenters. The summed E-state index contributed by atoms with van der Waals surface area (Å²) in [6.45, 7) is 14.1. The van der Waals surface area contributed by atoms with Crippen molar-refractivity contribution in [3.8, 4) is 0 Å². The van der Waals surface area contributed by atoms with E-state index < -0.39 is 0 Å². The van der Waals surface area contributed by atoms with Gasteiger partial charge in [0.25, 0.3) is 0 Å². The SMILES string of the molecule is CCC(CC)CN(CC)C(CN)c1cc(C)cc(C)c1. The number of hydrogen-bond donors (Lipinski definition) is 1. The highest BCUT2D eigenvalue weighted by molar-refractivity contribution is 5.31. The molecule has 0 heterocycles. The Labute approximate surface area is 125 Å². The van der Waals surface area contributed by atoms with E-state index in [2.05, 4.69) is 57.7 Å². The van der Waals surface area contributed by atoms with Crippen molar-refractivity contribution in [2.45, 2.75) is 53.5 Å². The molecule has 0 saturated carbocycles. The molecule has 0 aliphatic rings. The van der Waals surface area contributed by atoms with Crippen LogP contribution < -0.4 is 5.73 Å². The first-order valence-electron chi connectivity index (χ1n) is 8.07. The summed E-state index contributed by atoms with van der Waals surface area (Å²) in [4.78, 5) is 2.55. The van der Waals surface area contributed by atoms with Gasteiger partial charge >= 0.3 is 0 Å². The van der Waals surface area contributed by atoms with Gasteiger partial charge in [0.05, 0.1) is 0 Å². The van der Waals surface area contributed by atoms with Gasteiger partial charge in [0.1, 0.15) is 0 Å². The fourth-order valence-electron chi connectivity index (χ4n) is 3.05. The maximum atomic E-state index is 6.10. The average molecular weight is 276 g/mol. The van der Waals surface area contributed by atoms with Crippen LogP contribution >= 0.6 is 0 Å². The van der Waals surface area contributed by atoms with Gasteiger partial charge in [0, 0.05) is 19.1 Å². The van der Waals surface area contributed by atoms with Crippen LogP contribution in [0.4, 0.5) is 0 Å². The minimum atomic E-state index is 0.346. The molecule has 1 rings (SSSR count). The Morgan fingerprint density at radius 2 is 1.55 bits per heavy atom. The van der Waals surface area contributed by atoms with Crippen molar-refractivity contribution in [1.82, 2.24) is 4.90 Å². The van der Waals surface area contributed by atoms with Gasteiger partial charge in [-0.05, 0) is 31.9 Å². The maximum Gasteiger partial charge on any atom is 0.0470 e. The minimum Gasteiger partial charge on any atom is -0.329 e. The van der Waals surface area contributed by atoms with Crippen LogP contribution in [0.5, 0.6) is 0 Å². The molecular weight excluding hydrogens is 244 g/mol. The quantitative estimate of drug-likeness (QED) is 0.776. The summed E-state index contributed by atoms with van der Waals surface area (Å²) in [5.41, 5.74) is 10.1. The Balaban J connectivity index is 2.96. The van der Waals surface area contributed by atoms with Gasteiger partial charge in [-0.25, -0.2) is 0 Å². The molecule has 0 aliphatic carbocycles. The predicted octanol–water partition coefficient (Wildman–Crippen LogP) is 4.06. The molecule has 1 aromatic carbocycles. The molecule has 0 saturated heterocycles. The molecule has 1 atom stereocenters. The number of aryl methyl sites for hydroxylation is 2. The van der Waals surface area contributed by atoms with Crippen LogP contribution in [-0.4, -0.2) is 24.5 Å². The van der Waals surface area contributed by atoms with E-state index in [1.807, 2.05) is 0 Å². The van der Waals surface area contributed by atoms with Gasteiger partial charge in [-0.3, -0.25) is 4.90 Å². The molecule has 114 valence electrons. The third kappa shape index (κ3) is 4.60. The summed E-state index contributed by atoms with van der Waals surface area (Å²) in [5.74, 6) is 0.773. The van der Waals surface area contributed by atoms with Crippen molar-refractivity contribution in [1.29, 1.82) is 0 Å². The van der Waals surface area contributed by atoms with Crippen molar-refractivity contribution in [2.75, 3.05) is 19.6 Å². The topological polar surface area (TPSA) is 29.3 Å². The fraction of sp³-hybridized carbons (Fsp3) is 0.667. The molecule has 0 aromatic heterocycles. The number of likely N-dealkylation sites (N-methyl/N-ethyl adjacent to an activating group) is 1. The lowest BCUT2D eigenvalue weighted by Gasteiger charge is -2.33. The van der Waals surface area contributed by atoms with Gasteiger partial charge in [0.15, 0.2) is 0 Å². The summed E-state index contributed by atoms with van der Waals surface area (Å²) in [6.07, 6.45) is 2.49. The van der Waals surface area contributed by atoms with Gasteiger partial charge in [-0.15, -0.1) is 0 Å². The van der Waals surface area contributed by atoms with Gasteiger partial charge < -0.3 is 5.73 Å². The highest BCUT2D eigenvalue weighted by Gasteiger charge is 2.20. The zero-order valence-electron chi connectivity index (χ0n) is 13.9. The van der Waals surface area contributed by atoms with Gasteiger partial charge in [0.2, 0.25) is 0 Å².